The molecular formula is C6H14Sr. The first kappa shape index (κ1) is 8.48. The monoisotopic (exact) mass is 174 g/mol. The molecule has 0 radical (unpaired) electrons. The average molecular weight is 174 g/mol. The molecule has 0 saturated heterocycles. The van der Waals surface area contributed by atoms with E-state index in [0.29, 0.717) is 0 Å². The summed E-state index contributed by atoms with van der Waals surface area (Å²) >= 11 is -0.114. The maximum atomic E-state index is 2.30. The molecular weight excluding hydrogens is 160 g/mol. The minimum atomic E-state index is -0.114. The van der Waals surface area contributed by atoms with Gasteiger partial charge in [-0.15, -0.1) is 0 Å². The van der Waals surface area contributed by atoms with Gasteiger partial charge in [0.1, 0.15) is 0 Å². The quantitative estimate of drug-likeness (QED) is 0.453. The minimum absolute atomic E-state index is 0.114. The summed E-state index contributed by atoms with van der Waals surface area (Å²) in [7, 11) is 0. The van der Waals surface area contributed by atoms with Crippen LogP contribution in [0.15, 0.2) is 0 Å². The van der Waals surface area contributed by atoms with Gasteiger partial charge in [0.05, 0.1) is 0 Å². The molecule has 0 aliphatic carbocycles. The molecule has 0 N–H and O–H groups in total. The summed E-state index contributed by atoms with van der Waals surface area (Å²) in [5, 5.41) is 0. The third-order valence-electron chi connectivity index (χ3n) is 1.21. The van der Waals surface area contributed by atoms with Gasteiger partial charge in [-0.05, 0) is 0 Å². The predicted octanol–water partition coefficient (Wildman–Crippen LogP) is 2.35. The molecule has 0 spiro atoms. The van der Waals surface area contributed by atoms with E-state index in [0.717, 1.165) is 0 Å². The summed E-state index contributed by atoms with van der Waals surface area (Å²) in [5.74, 6) is 0. The Morgan fingerprint density at radius 3 is 1.71 bits per heavy atom. The Labute approximate surface area is 69.4 Å². The molecule has 0 aliphatic rings. The fourth-order valence-corrected chi connectivity index (χ4v) is 4.00. The molecule has 0 bridgehead atoms. The Balaban J connectivity index is 2.45. The number of rotatable bonds is 4. The van der Waals surface area contributed by atoms with Crippen LogP contribution in [0.2, 0.25) is 2.78 Å². The van der Waals surface area contributed by atoms with Crippen LogP contribution in [0.3, 0.4) is 0 Å². The summed E-state index contributed by atoms with van der Waals surface area (Å²) < 4.78 is 3.27. The molecule has 0 fully saturated rings. The Hall–Kier alpha value is 1.48. The molecule has 0 nitrogen and oxygen atoms in total. The van der Waals surface area contributed by atoms with Crippen molar-refractivity contribution in [2.24, 2.45) is 0 Å². The summed E-state index contributed by atoms with van der Waals surface area (Å²) in [4.78, 5) is 0. The summed E-state index contributed by atoms with van der Waals surface area (Å²) in [6.45, 7) is 4.60. The molecule has 0 saturated carbocycles. The molecule has 1 heteroatoms. The molecule has 40 valence electrons. The molecule has 0 unspecified atom stereocenters. The summed E-state index contributed by atoms with van der Waals surface area (Å²) in [6, 6.07) is 0. The van der Waals surface area contributed by atoms with Gasteiger partial charge in [-0.3, -0.25) is 0 Å². The first-order valence-electron chi connectivity index (χ1n) is 3.41. The number of hydrogen-bond donors (Lipinski definition) is 0. The molecule has 0 aliphatic heterocycles. The van der Waals surface area contributed by atoms with Crippen molar-refractivity contribution in [1.82, 2.24) is 0 Å². The molecule has 0 aromatic rings. The normalized spacial score (nSPS) is 8.29. The van der Waals surface area contributed by atoms with Crippen molar-refractivity contribution < 1.29 is 0 Å². The predicted molar refractivity (Wildman–Crippen MR) is 35.9 cm³/mol. The average Bonchev–Trinajstić information content (AvgIpc) is 1.69. The van der Waals surface area contributed by atoms with E-state index in [4.69, 9.17) is 0 Å². The van der Waals surface area contributed by atoms with Crippen LogP contribution in [0.4, 0.5) is 0 Å². The van der Waals surface area contributed by atoms with E-state index in [2.05, 4.69) is 13.8 Å². The van der Waals surface area contributed by atoms with E-state index in [1.807, 2.05) is 0 Å². The first-order chi connectivity index (χ1) is 3.41. The van der Waals surface area contributed by atoms with E-state index < -0.39 is 0 Å². The topological polar surface area (TPSA) is 0 Å². The fraction of sp³-hybridized carbons (Fsp3) is 1.00. The fourth-order valence-electron chi connectivity index (χ4n) is 0.677. The van der Waals surface area contributed by atoms with Crippen LogP contribution in [0.25, 0.3) is 0 Å². The Bertz CT molecular complexity index is 23.4. The molecule has 0 heterocycles. The van der Waals surface area contributed by atoms with Crippen LogP contribution in [0.5, 0.6) is 0 Å². The maximum absolute atomic E-state index is 2.30. The second-order valence-electron chi connectivity index (χ2n) is 2.06. The zero-order chi connectivity index (χ0) is 5.54. The molecule has 0 aromatic heterocycles. The van der Waals surface area contributed by atoms with Crippen LogP contribution < -0.4 is 0 Å². The van der Waals surface area contributed by atoms with E-state index in [9.17, 15) is 0 Å². The van der Waals surface area contributed by atoms with Gasteiger partial charge in [0.25, 0.3) is 0 Å². The van der Waals surface area contributed by atoms with Crippen molar-refractivity contribution in [2.45, 2.75) is 29.5 Å². The Kier molecular flexibility index (Phi) is 9.06. The summed E-state index contributed by atoms with van der Waals surface area (Å²) in [6.07, 6.45) is 2.91. The van der Waals surface area contributed by atoms with Gasteiger partial charge in [-0.25, -0.2) is 0 Å². The first-order valence-corrected chi connectivity index (χ1v) is 8.33. The molecule has 0 aromatic carbocycles. The summed E-state index contributed by atoms with van der Waals surface area (Å²) in [5.41, 5.74) is 0. The van der Waals surface area contributed by atoms with Crippen molar-refractivity contribution in [3.8, 4) is 0 Å². The molecule has 0 atom stereocenters. The zero-order valence-electron chi connectivity index (χ0n) is 5.54. The van der Waals surface area contributed by atoms with Gasteiger partial charge in [-0.1, -0.05) is 0 Å². The van der Waals surface area contributed by atoms with Gasteiger partial charge < -0.3 is 0 Å². The van der Waals surface area contributed by atoms with E-state index in [-0.39, 0.29) is 41.0 Å². The third kappa shape index (κ3) is 7.48. The Morgan fingerprint density at radius 1 is 1.00 bits per heavy atom. The van der Waals surface area contributed by atoms with Crippen LogP contribution >= 0.6 is 0 Å². The number of hydrogen-bond acceptors (Lipinski definition) is 0. The van der Waals surface area contributed by atoms with E-state index >= 15 is 0 Å². The van der Waals surface area contributed by atoms with Gasteiger partial charge in [0.2, 0.25) is 0 Å². The van der Waals surface area contributed by atoms with Crippen molar-refractivity contribution in [1.29, 1.82) is 0 Å². The van der Waals surface area contributed by atoms with E-state index in [1.54, 1.807) is 2.78 Å². The van der Waals surface area contributed by atoms with Crippen LogP contribution in [0, 0.1) is 0 Å². The standard InChI is InChI=1S/2C3H7.Sr/c2*1-3-2;/h2*1,3H2,2H3;. The van der Waals surface area contributed by atoms with Gasteiger partial charge in [0.15, 0.2) is 0 Å². The zero-order valence-corrected chi connectivity index (χ0v) is 9.01. The second kappa shape index (κ2) is 7.48. The second-order valence-corrected chi connectivity index (χ2v) is 7.27. The van der Waals surface area contributed by atoms with Gasteiger partial charge in [-0.2, -0.15) is 0 Å². The van der Waals surface area contributed by atoms with Crippen molar-refractivity contribution >= 4 is 41.0 Å². The Morgan fingerprint density at radius 2 is 1.43 bits per heavy atom. The molecule has 0 amide bonds. The third-order valence-corrected chi connectivity index (χ3v) is 7.14. The van der Waals surface area contributed by atoms with Crippen LogP contribution in [-0.2, 0) is 0 Å². The SMILES string of the molecule is CC[CH2][Sr][CH2]CC. The van der Waals surface area contributed by atoms with Crippen molar-refractivity contribution in [3.63, 3.8) is 0 Å². The van der Waals surface area contributed by atoms with Crippen LogP contribution in [-0.4, -0.2) is 41.0 Å². The van der Waals surface area contributed by atoms with Crippen molar-refractivity contribution in [2.75, 3.05) is 0 Å². The van der Waals surface area contributed by atoms with Crippen molar-refractivity contribution in [3.05, 3.63) is 0 Å². The molecule has 0 rings (SSSR count). The molecule has 7 heavy (non-hydrogen) atoms. The van der Waals surface area contributed by atoms with E-state index in [1.165, 1.54) is 12.8 Å². The van der Waals surface area contributed by atoms with Gasteiger partial charge >= 0.3 is 70.5 Å². The van der Waals surface area contributed by atoms with Crippen LogP contribution in [0.1, 0.15) is 26.7 Å². The van der Waals surface area contributed by atoms with Gasteiger partial charge in [0, 0.05) is 0 Å².